The van der Waals surface area contributed by atoms with Crippen LogP contribution in [0.3, 0.4) is 0 Å². The quantitative estimate of drug-likeness (QED) is 0.523. The summed E-state index contributed by atoms with van der Waals surface area (Å²) in [5.74, 6) is -0.0760. The third-order valence-electron chi connectivity index (χ3n) is 4.52. The molecular formula is C21H16ClN3O4. The lowest BCUT2D eigenvalue weighted by Gasteiger charge is -2.15. The van der Waals surface area contributed by atoms with E-state index in [9.17, 15) is 9.90 Å². The van der Waals surface area contributed by atoms with Gasteiger partial charge in [-0.3, -0.25) is 4.98 Å². The second kappa shape index (κ2) is 7.44. The molecular weight excluding hydrogens is 394 g/mol. The molecule has 4 rings (SSSR count). The molecule has 4 aromatic rings. The molecule has 0 saturated carbocycles. The zero-order valence-corrected chi connectivity index (χ0v) is 16.3. The van der Waals surface area contributed by atoms with Crippen molar-refractivity contribution >= 4 is 28.5 Å². The molecule has 2 heterocycles. The van der Waals surface area contributed by atoms with Gasteiger partial charge in [-0.1, -0.05) is 17.7 Å². The highest BCUT2D eigenvalue weighted by atomic mass is 35.5. The summed E-state index contributed by atoms with van der Waals surface area (Å²) in [6.07, 6.45) is 1.62. The highest BCUT2D eigenvalue weighted by Gasteiger charge is 2.23. The van der Waals surface area contributed by atoms with Gasteiger partial charge in [-0.2, -0.15) is 5.10 Å². The molecule has 0 aliphatic heterocycles. The molecule has 0 saturated heterocycles. The van der Waals surface area contributed by atoms with Gasteiger partial charge in [-0.05, 0) is 42.5 Å². The Hall–Kier alpha value is -3.58. The van der Waals surface area contributed by atoms with Crippen LogP contribution in [-0.4, -0.2) is 40.1 Å². The molecule has 29 heavy (non-hydrogen) atoms. The van der Waals surface area contributed by atoms with Crippen molar-refractivity contribution in [2.45, 2.75) is 0 Å². The Morgan fingerprint density at radius 1 is 1.07 bits per heavy atom. The molecule has 1 N–H and O–H groups in total. The predicted molar refractivity (Wildman–Crippen MR) is 109 cm³/mol. The van der Waals surface area contributed by atoms with Gasteiger partial charge in [0.2, 0.25) is 0 Å². The number of carboxylic acid groups (broad SMARTS) is 1. The van der Waals surface area contributed by atoms with Crippen molar-refractivity contribution in [3.63, 3.8) is 0 Å². The minimum Gasteiger partial charge on any atom is -0.496 e. The minimum absolute atomic E-state index is 0.105. The van der Waals surface area contributed by atoms with Crippen molar-refractivity contribution in [2.75, 3.05) is 14.2 Å². The predicted octanol–water partition coefficient (Wildman–Crippen LogP) is 4.46. The molecule has 0 fully saturated rings. The molecule has 0 aliphatic rings. The van der Waals surface area contributed by atoms with E-state index in [0.29, 0.717) is 39.0 Å². The normalized spacial score (nSPS) is 10.9. The molecule has 2 aromatic carbocycles. The van der Waals surface area contributed by atoms with Crippen LogP contribution in [0.4, 0.5) is 0 Å². The van der Waals surface area contributed by atoms with E-state index in [2.05, 4.69) is 10.1 Å². The van der Waals surface area contributed by atoms with Crippen LogP contribution in [-0.2, 0) is 0 Å². The van der Waals surface area contributed by atoms with Gasteiger partial charge < -0.3 is 14.6 Å². The molecule has 0 unspecified atom stereocenters. The maximum atomic E-state index is 11.7. The largest absolute Gasteiger partial charge is 0.496 e. The third-order valence-corrected chi connectivity index (χ3v) is 4.76. The maximum Gasteiger partial charge on any atom is 0.356 e. The highest BCUT2D eigenvalue weighted by molar-refractivity contribution is 6.31. The van der Waals surface area contributed by atoms with Gasteiger partial charge in [-0.25, -0.2) is 9.48 Å². The van der Waals surface area contributed by atoms with Crippen molar-refractivity contribution in [1.82, 2.24) is 14.8 Å². The molecule has 0 amide bonds. The number of benzene rings is 2. The van der Waals surface area contributed by atoms with Gasteiger partial charge >= 0.3 is 5.97 Å². The van der Waals surface area contributed by atoms with E-state index in [0.717, 1.165) is 5.39 Å². The molecule has 7 nitrogen and oxygen atoms in total. The van der Waals surface area contributed by atoms with E-state index in [4.69, 9.17) is 21.1 Å². The fourth-order valence-corrected chi connectivity index (χ4v) is 3.41. The molecule has 0 radical (unpaired) electrons. The lowest BCUT2D eigenvalue weighted by molar-refractivity contribution is 0.0690. The molecule has 0 atom stereocenters. The van der Waals surface area contributed by atoms with Crippen molar-refractivity contribution in [3.05, 3.63) is 65.4 Å². The van der Waals surface area contributed by atoms with Crippen molar-refractivity contribution in [2.24, 2.45) is 0 Å². The number of aromatic carboxylic acids is 1. The van der Waals surface area contributed by atoms with Crippen molar-refractivity contribution in [1.29, 1.82) is 0 Å². The van der Waals surface area contributed by atoms with Crippen LogP contribution in [0.25, 0.3) is 27.8 Å². The van der Waals surface area contributed by atoms with Gasteiger partial charge in [0.1, 0.15) is 11.5 Å². The van der Waals surface area contributed by atoms with Crippen LogP contribution < -0.4 is 9.47 Å². The van der Waals surface area contributed by atoms with Crippen molar-refractivity contribution in [3.8, 4) is 28.4 Å². The Morgan fingerprint density at radius 2 is 1.79 bits per heavy atom. The van der Waals surface area contributed by atoms with Crippen LogP contribution >= 0.6 is 11.6 Å². The van der Waals surface area contributed by atoms with Crippen LogP contribution in [0.15, 0.2) is 54.7 Å². The van der Waals surface area contributed by atoms with Crippen LogP contribution in [0.5, 0.6) is 11.5 Å². The lowest BCUT2D eigenvalue weighted by Crippen LogP contribution is -2.04. The Bertz CT molecular complexity index is 1210. The first kappa shape index (κ1) is 18.8. The number of carboxylic acids is 1. The van der Waals surface area contributed by atoms with E-state index < -0.39 is 5.97 Å². The average molecular weight is 410 g/mol. The summed E-state index contributed by atoms with van der Waals surface area (Å²) >= 11 is 6.10. The number of fused-ring (bicyclic) bond motifs is 1. The molecule has 0 spiro atoms. The first-order chi connectivity index (χ1) is 14.0. The summed E-state index contributed by atoms with van der Waals surface area (Å²) < 4.78 is 12.6. The Labute approximate surface area is 171 Å². The highest BCUT2D eigenvalue weighted by Crippen LogP contribution is 2.40. The molecule has 0 bridgehead atoms. The number of ether oxygens (including phenoxy) is 2. The van der Waals surface area contributed by atoms with Crippen LogP contribution in [0.2, 0.25) is 5.02 Å². The summed E-state index contributed by atoms with van der Waals surface area (Å²) in [4.78, 5) is 16.0. The van der Waals surface area contributed by atoms with Gasteiger partial charge in [-0.15, -0.1) is 0 Å². The number of rotatable bonds is 5. The molecule has 0 aliphatic carbocycles. The van der Waals surface area contributed by atoms with Gasteiger partial charge in [0, 0.05) is 16.6 Å². The summed E-state index contributed by atoms with van der Waals surface area (Å²) in [5.41, 5.74) is 2.32. The van der Waals surface area contributed by atoms with Gasteiger partial charge in [0.25, 0.3) is 0 Å². The Balaban J connectivity index is 2.07. The van der Waals surface area contributed by atoms with E-state index in [1.165, 1.54) is 6.07 Å². The topological polar surface area (TPSA) is 86.5 Å². The third kappa shape index (κ3) is 3.25. The fraction of sp³-hybridized carbons (Fsp3) is 0.0952. The zero-order chi connectivity index (χ0) is 20.5. The first-order valence-corrected chi connectivity index (χ1v) is 9.00. The Kier molecular flexibility index (Phi) is 4.82. The van der Waals surface area contributed by atoms with E-state index in [1.807, 2.05) is 6.07 Å². The minimum atomic E-state index is -1.14. The molecule has 8 heteroatoms. The number of hydrogen-bond acceptors (Lipinski definition) is 5. The van der Waals surface area contributed by atoms with E-state index in [1.54, 1.807) is 61.5 Å². The monoisotopic (exact) mass is 409 g/mol. The number of aromatic nitrogens is 3. The SMILES string of the molecule is COc1cccc(OC)c1-c1cc(C(=O)O)nn1-c1ccnc2cc(Cl)ccc12. The maximum absolute atomic E-state index is 11.7. The standard InChI is InChI=1S/C21H16ClN3O4/c1-28-18-4-3-5-19(29-2)20(18)17-11-15(21(26)27)24-25(17)16-8-9-23-14-10-12(22)6-7-13(14)16/h3-11H,1-2H3,(H,26,27). The smallest absolute Gasteiger partial charge is 0.356 e. The lowest BCUT2D eigenvalue weighted by atomic mass is 10.1. The first-order valence-electron chi connectivity index (χ1n) is 8.63. The second-order valence-corrected chi connectivity index (χ2v) is 6.60. The average Bonchev–Trinajstić information content (AvgIpc) is 3.17. The Morgan fingerprint density at radius 3 is 2.45 bits per heavy atom. The second-order valence-electron chi connectivity index (χ2n) is 6.16. The van der Waals surface area contributed by atoms with Crippen LogP contribution in [0.1, 0.15) is 10.5 Å². The number of halogens is 1. The van der Waals surface area contributed by atoms with E-state index >= 15 is 0 Å². The summed E-state index contributed by atoms with van der Waals surface area (Å²) in [7, 11) is 3.09. The van der Waals surface area contributed by atoms with E-state index in [-0.39, 0.29) is 5.69 Å². The molecule has 146 valence electrons. The number of hydrogen-bond donors (Lipinski definition) is 1. The number of pyridine rings is 1. The van der Waals surface area contributed by atoms with Crippen LogP contribution in [0, 0.1) is 0 Å². The summed E-state index contributed by atoms with van der Waals surface area (Å²) in [6, 6.07) is 13.9. The number of carbonyl (C=O) groups is 1. The number of nitrogens with zero attached hydrogens (tertiary/aromatic N) is 3. The van der Waals surface area contributed by atoms with Gasteiger partial charge in [0.15, 0.2) is 5.69 Å². The zero-order valence-electron chi connectivity index (χ0n) is 15.6. The number of methoxy groups -OCH3 is 2. The molecule has 2 aromatic heterocycles. The van der Waals surface area contributed by atoms with Gasteiger partial charge in [0.05, 0.1) is 36.7 Å². The summed E-state index contributed by atoms with van der Waals surface area (Å²) in [5, 5.41) is 15.2. The summed E-state index contributed by atoms with van der Waals surface area (Å²) in [6.45, 7) is 0. The van der Waals surface area contributed by atoms with Crippen molar-refractivity contribution < 1.29 is 19.4 Å². The fourth-order valence-electron chi connectivity index (χ4n) is 3.24.